The van der Waals surface area contributed by atoms with Crippen LogP contribution in [0, 0.1) is 6.92 Å². The molecule has 1 aliphatic rings. The molecule has 0 saturated heterocycles. The SMILES string of the molecule is Cc1cccc(-c2nnc3n2N=C(c2cccc(Br)c2)CS3)c1. The topological polar surface area (TPSA) is 43.1 Å². The van der Waals surface area contributed by atoms with Crippen molar-refractivity contribution in [2.24, 2.45) is 5.10 Å². The van der Waals surface area contributed by atoms with E-state index >= 15 is 0 Å². The van der Waals surface area contributed by atoms with E-state index in [-0.39, 0.29) is 0 Å². The number of nitrogens with zero attached hydrogens (tertiary/aromatic N) is 4. The lowest BCUT2D eigenvalue weighted by Gasteiger charge is -2.14. The molecule has 2 heterocycles. The van der Waals surface area contributed by atoms with Crippen molar-refractivity contribution in [3.8, 4) is 11.4 Å². The van der Waals surface area contributed by atoms with Crippen molar-refractivity contribution in [2.75, 3.05) is 5.75 Å². The predicted octanol–water partition coefficient (Wildman–Crippen LogP) is 4.37. The number of aryl methyl sites for hydroxylation is 1. The van der Waals surface area contributed by atoms with E-state index in [9.17, 15) is 0 Å². The first-order valence-electron chi connectivity index (χ1n) is 7.20. The normalized spacial score (nSPS) is 13.6. The van der Waals surface area contributed by atoms with E-state index in [1.807, 2.05) is 28.9 Å². The highest BCUT2D eigenvalue weighted by atomic mass is 79.9. The zero-order valence-electron chi connectivity index (χ0n) is 12.4. The van der Waals surface area contributed by atoms with Crippen molar-refractivity contribution in [2.45, 2.75) is 12.1 Å². The number of fused-ring (bicyclic) bond motifs is 1. The molecule has 3 aromatic rings. The zero-order valence-corrected chi connectivity index (χ0v) is 14.8. The zero-order chi connectivity index (χ0) is 15.8. The Labute approximate surface area is 146 Å². The van der Waals surface area contributed by atoms with Crippen LogP contribution in [0.5, 0.6) is 0 Å². The molecule has 0 atom stereocenters. The lowest BCUT2D eigenvalue weighted by atomic mass is 10.1. The molecular formula is C17H13BrN4S. The third kappa shape index (κ3) is 2.84. The van der Waals surface area contributed by atoms with Gasteiger partial charge in [-0.25, -0.2) is 0 Å². The van der Waals surface area contributed by atoms with E-state index in [4.69, 9.17) is 5.10 Å². The molecule has 0 spiro atoms. The summed E-state index contributed by atoms with van der Waals surface area (Å²) in [4.78, 5) is 0. The first-order valence-corrected chi connectivity index (χ1v) is 8.97. The van der Waals surface area contributed by atoms with Crippen LogP contribution in [-0.2, 0) is 0 Å². The molecule has 0 amide bonds. The van der Waals surface area contributed by atoms with Gasteiger partial charge in [-0.15, -0.1) is 10.2 Å². The number of aromatic nitrogens is 3. The number of halogens is 1. The fourth-order valence-electron chi connectivity index (χ4n) is 2.50. The van der Waals surface area contributed by atoms with Crippen molar-refractivity contribution >= 4 is 33.4 Å². The summed E-state index contributed by atoms with van der Waals surface area (Å²) < 4.78 is 2.90. The Bertz CT molecular complexity index is 916. The van der Waals surface area contributed by atoms with Gasteiger partial charge in [0, 0.05) is 15.8 Å². The number of thioether (sulfide) groups is 1. The summed E-state index contributed by atoms with van der Waals surface area (Å²) in [7, 11) is 0. The quantitative estimate of drug-likeness (QED) is 0.658. The smallest absolute Gasteiger partial charge is 0.187 e. The van der Waals surface area contributed by atoms with Crippen molar-refractivity contribution in [1.82, 2.24) is 14.9 Å². The van der Waals surface area contributed by atoms with E-state index in [1.54, 1.807) is 11.8 Å². The molecule has 114 valence electrons. The maximum absolute atomic E-state index is 4.79. The van der Waals surface area contributed by atoms with Gasteiger partial charge < -0.3 is 0 Å². The largest absolute Gasteiger partial charge is 0.212 e. The van der Waals surface area contributed by atoms with Crippen LogP contribution in [0.4, 0.5) is 0 Å². The Morgan fingerprint density at radius 1 is 1.04 bits per heavy atom. The van der Waals surface area contributed by atoms with Crippen molar-refractivity contribution in [3.05, 3.63) is 64.1 Å². The van der Waals surface area contributed by atoms with Crippen LogP contribution in [0.15, 0.2) is 63.3 Å². The molecule has 0 aliphatic carbocycles. The molecule has 0 radical (unpaired) electrons. The van der Waals surface area contributed by atoms with Crippen LogP contribution in [0.3, 0.4) is 0 Å². The molecule has 0 fully saturated rings. The van der Waals surface area contributed by atoms with Gasteiger partial charge in [0.05, 0.1) is 5.71 Å². The van der Waals surface area contributed by atoms with Gasteiger partial charge in [0.1, 0.15) is 0 Å². The summed E-state index contributed by atoms with van der Waals surface area (Å²) in [6, 6.07) is 16.4. The van der Waals surface area contributed by atoms with Crippen LogP contribution in [0.1, 0.15) is 11.1 Å². The van der Waals surface area contributed by atoms with Crippen LogP contribution in [0.2, 0.25) is 0 Å². The minimum absolute atomic E-state index is 0.781. The Balaban J connectivity index is 1.81. The Morgan fingerprint density at radius 2 is 1.87 bits per heavy atom. The molecule has 2 aromatic carbocycles. The molecule has 23 heavy (non-hydrogen) atoms. The molecular weight excluding hydrogens is 372 g/mol. The fourth-order valence-corrected chi connectivity index (χ4v) is 3.74. The standard InChI is InChI=1S/C17H13BrN4S/c1-11-4-2-6-13(8-11)16-19-20-17-22(16)21-15(10-23-17)12-5-3-7-14(18)9-12/h2-9H,10H2,1H3. The van der Waals surface area contributed by atoms with E-state index in [1.165, 1.54) is 5.56 Å². The van der Waals surface area contributed by atoms with Gasteiger partial charge in [-0.2, -0.15) is 9.78 Å². The molecule has 0 saturated carbocycles. The molecule has 0 unspecified atom stereocenters. The van der Waals surface area contributed by atoms with Gasteiger partial charge in [-0.1, -0.05) is 63.6 Å². The van der Waals surface area contributed by atoms with Gasteiger partial charge in [0.15, 0.2) is 5.82 Å². The summed E-state index contributed by atoms with van der Waals surface area (Å²) in [5.74, 6) is 1.57. The van der Waals surface area contributed by atoms with Gasteiger partial charge in [0.2, 0.25) is 5.16 Å². The van der Waals surface area contributed by atoms with Gasteiger partial charge in [-0.3, -0.25) is 0 Å². The average Bonchev–Trinajstić information content (AvgIpc) is 2.98. The maximum Gasteiger partial charge on any atom is 0.212 e. The van der Waals surface area contributed by atoms with Crippen LogP contribution >= 0.6 is 27.7 Å². The van der Waals surface area contributed by atoms with Gasteiger partial charge >= 0.3 is 0 Å². The van der Waals surface area contributed by atoms with E-state index in [0.29, 0.717) is 0 Å². The summed E-state index contributed by atoms with van der Waals surface area (Å²) in [6.07, 6.45) is 0. The predicted molar refractivity (Wildman–Crippen MR) is 97.0 cm³/mol. The van der Waals surface area contributed by atoms with Crippen LogP contribution in [0.25, 0.3) is 11.4 Å². The highest BCUT2D eigenvalue weighted by molar-refractivity contribution is 9.10. The third-order valence-corrected chi connectivity index (χ3v) is 5.03. The molecule has 4 nitrogen and oxygen atoms in total. The second-order valence-corrected chi connectivity index (χ2v) is 7.19. The molecule has 1 aromatic heterocycles. The number of hydrogen-bond acceptors (Lipinski definition) is 4. The molecule has 6 heteroatoms. The number of benzene rings is 2. The highest BCUT2D eigenvalue weighted by Gasteiger charge is 2.20. The minimum Gasteiger partial charge on any atom is -0.187 e. The fraction of sp³-hybridized carbons (Fsp3) is 0.118. The Hall–Kier alpha value is -1.92. The second kappa shape index (κ2) is 5.94. The van der Waals surface area contributed by atoms with E-state index in [0.717, 1.165) is 38.0 Å². The lowest BCUT2D eigenvalue weighted by molar-refractivity contribution is 0.762. The molecule has 4 rings (SSSR count). The van der Waals surface area contributed by atoms with Crippen molar-refractivity contribution < 1.29 is 0 Å². The van der Waals surface area contributed by atoms with Crippen molar-refractivity contribution in [1.29, 1.82) is 0 Å². The summed E-state index contributed by atoms with van der Waals surface area (Å²) in [5, 5.41) is 14.2. The molecule has 0 bridgehead atoms. The highest BCUT2D eigenvalue weighted by Crippen LogP contribution is 2.29. The number of hydrogen-bond donors (Lipinski definition) is 0. The van der Waals surface area contributed by atoms with Crippen molar-refractivity contribution in [3.63, 3.8) is 0 Å². The van der Waals surface area contributed by atoms with Crippen LogP contribution in [-0.4, -0.2) is 26.3 Å². The minimum atomic E-state index is 0.781. The first kappa shape index (κ1) is 14.7. The average molecular weight is 385 g/mol. The van der Waals surface area contributed by atoms with E-state index in [2.05, 4.69) is 57.3 Å². The van der Waals surface area contributed by atoms with Gasteiger partial charge in [0.25, 0.3) is 0 Å². The summed E-state index contributed by atoms with van der Waals surface area (Å²) in [5.41, 5.74) is 4.36. The third-order valence-electron chi connectivity index (χ3n) is 3.60. The second-order valence-electron chi connectivity index (χ2n) is 5.33. The van der Waals surface area contributed by atoms with Crippen LogP contribution < -0.4 is 0 Å². The number of rotatable bonds is 2. The summed E-state index contributed by atoms with van der Waals surface area (Å²) >= 11 is 5.18. The maximum atomic E-state index is 4.79. The first-order chi connectivity index (χ1) is 11.2. The summed E-state index contributed by atoms with van der Waals surface area (Å²) in [6.45, 7) is 2.07. The van der Waals surface area contributed by atoms with Gasteiger partial charge in [-0.05, 0) is 30.7 Å². The Kier molecular flexibility index (Phi) is 3.79. The van der Waals surface area contributed by atoms with E-state index < -0.39 is 0 Å². The Morgan fingerprint density at radius 3 is 2.70 bits per heavy atom. The molecule has 1 aliphatic heterocycles. The molecule has 0 N–H and O–H groups in total. The lowest BCUT2D eigenvalue weighted by Crippen LogP contribution is -2.13. The monoisotopic (exact) mass is 384 g/mol.